The Bertz CT molecular complexity index is 504. The largest absolute Gasteiger partial charge is 0.335 e. The van der Waals surface area contributed by atoms with E-state index in [1.54, 1.807) is 17.8 Å². The molecule has 0 radical (unpaired) electrons. The van der Waals surface area contributed by atoms with Crippen molar-refractivity contribution in [3.63, 3.8) is 0 Å². The normalized spacial score (nSPS) is 11.3. The summed E-state index contributed by atoms with van der Waals surface area (Å²) in [6, 6.07) is 3.97. The first-order chi connectivity index (χ1) is 10.9. The van der Waals surface area contributed by atoms with E-state index in [1.807, 2.05) is 18.7 Å². The number of nitrogens with zero attached hydrogens (tertiary/aromatic N) is 1. The molecule has 0 spiro atoms. The minimum Gasteiger partial charge on any atom is -0.335 e. The highest BCUT2D eigenvalue weighted by molar-refractivity contribution is 7.99. The van der Waals surface area contributed by atoms with E-state index in [0.717, 1.165) is 24.7 Å². The summed E-state index contributed by atoms with van der Waals surface area (Å²) >= 11 is 1.76. The molecule has 0 aliphatic rings. The summed E-state index contributed by atoms with van der Waals surface area (Å²) < 4.78 is 26.5. The van der Waals surface area contributed by atoms with Gasteiger partial charge in [0.15, 0.2) is 11.6 Å². The Hall–Kier alpha value is -1.10. The minimum absolute atomic E-state index is 0.0802. The van der Waals surface area contributed by atoms with E-state index in [-0.39, 0.29) is 11.9 Å². The van der Waals surface area contributed by atoms with Crippen molar-refractivity contribution >= 4 is 17.7 Å². The van der Waals surface area contributed by atoms with Crippen LogP contribution in [0.15, 0.2) is 18.2 Å². The third-order valence-electron chi connectivity index (χ3n) is 3.81. The molecular weight excluding hydrogens is 316 g/mol. The Morgan fingerprint density at radius 3 is 2.35 bits per heavy atom. The van der Waals surface area contributed by atoms with Gasteiger partial charge in [-0.3, -0.25) is 4.79 Å². The zero-order valence-corrected chi connectivity index (χ0v) is 15.3. The molecule has 1 aromatic carbocycles. The highest BCUT2D eigenvalue weighted by Crippen LogP contribution is 2.19. The van der Waals surface area contributed by atoms with Crippen LogP contribution in [-0.4, -0.2) is 27.9 Å². The molecule has 0 heterocycles. The molecule has 5 heteroatoms. The predicted octanol–water partition coefficient (Wildman–Crippen LogP) is 5.01. The molecule has 130 valence electrons. The highest BCUT2D eigenvalue weighted by Gasteiger charge is 2.21. The molecule has 2 nitrogen and oxygen atoms in total. The summed E-state index contributed by atoms with van der Waals surface area (Å²) in [7, 11) is 0. The lowest BCUT2D eigenvalue weighted by Gasteiger charge is -2.31. The van der Waals surface area contributed by atoms with E-state index < -0.39 is 11.6 Å². The zero-order chi connectivity index (χ0) is 17.4. The summed E-state index contributed by atoms with van der Waals surface area (Å²) in [6.07, 6.45) is 2.18. The average molecular weight is 343 g/mol. The third-order valence-corrected chi connectivity index (χ3v) is 4.91. The summed E-state index contributed by atoms with van der Waals surface area (Å²) in [6.45, 7) is 8.63. The first-order valence-corrected chi connectivity index (χ1v) is 9.28. The number of hydrogen-bond acceptors (Lipinski definition) is 2. The van der Waals surface area contributed by atoms with Gasteiger partial charge >= 0.3 is 0 Å². The van der Waals surface area contributed by atoms with Gasteiger partial charge in [0.2, 0.25) is 5.91 Å². The van der Waals surface area contributed by atoms with E-state index in [1.165, 1.54) is 6.07 Å². The SMILES string of the molecule is CCC(CC)N(Cc1ccc(F)c(F)c1)C(=O)CCSC(C)C. The van der Waals surface area contributed by atoms with Crippen LogP contribution in [0.1, 0.15) is 52.5 Å². The molecule has 1 aromatic rings. The number of benzene rings is 1. The van der Waals surface area contributed by atoms with Gasteiger partial charge in [-0.15, -0.1) is 0 Å². The molecule has 0 unspecified atom stereocenters. The summed E-state index contributed by atoms with van der Waals surface area (Å²) in [4.78, 5) is 14.4. The number of carbonyl (C=O) groups excluding carboxylic acids is 1. The van der Waals surface area contributed by atoms with Gasteiger partial charge in [0.05, 0.1) is 0 Å². The second-order valence-electron chi connectivity index (χ2n) is 5.91. The van der Waals surface area contributed by atoms with E-state index in [4.69, 9.17) is 0 Å². The maximum atomic E-state index is 13.4. The smallest absolute Gasteiger partial charge is 0.223 e. The molecule has 23 heavy (non-hydrogen) atoms. The first-order valence-electron chi connectivity index (χ1n) is 8.24. The first kappa shape index (κ1) is 19.9. The second kappa shape index (κ2) is 9.91. The Balaban J connectivity index is 2.82. The maximum absolute atomic E-state index is 13.4. The minimum atomic E-state index is -0.866. The molecule has 1 rings (SSSR count). The third kappa shape index (κ3) is 6.50. The van der Waals surface area contributed by atoms with Crippen LogP contribution in [0, 0.1) is 11.6 Å². The van der Waals surface area contributed by atoms with Gasteiger partial charge in [0.1, 0.15) is 0 Å². The van der Waals surface area contributed by atoms with Crippen LogP contribution in [0.25, 0.3) is 0 Å². The second-order valence-corrected chi connectivity index (χ2v) is 7.59. The lowest BCUT2D eigenvalue weighted by atomic mass is 10.1. The fourth-order valence-electron chi connectivity index (χ4n) is 2.51. The van der Waals surface area contributed by atoms with E-state index >= 15 is 0 Å². The molecule has 0 aliphatic heterocycles. The molecule has 0 N–H and O–H groups in total. The standard InChI is InChI=1S/C18H27F2NOS/c1-5-15(6-2)21(18(22)9-10-23-13(3)4)12-14-7-8-16(19)17(20)11-14/h7-8,11,13,15H,5-6,9-10,12H2,1-4H3. The van der Waals surface area contributed by atoms with Crippen LogP contribution in [0.3, 0.4) is 0 Å². The van der Waals surface area contributed by atoms with Gasteiger partial charge in [-0.1, -0.05) is 33.8 Å². The van der Waals surface area contributed by atoms with Crippen molar-refractivity contribution in [2.45, 2.75) is 64.8 Å². The van der Waals surface area contributed by atoms with Crippen LogP contribution in [0.2, 0.25) is 0 Å². The number of halogens is 2. The molecule has 1 amide bonds. The Morgan fingerprint density at radius 2 is 1.83 bits per heavy atom. The molecule has 0 aliphatic carbocycles. The molecule has 0 atom stereocenters. The quantitative estimate of drug-likeness (QED) is 0.628. The van der Waals surface area contributed by atoms with Crippen LogP contribution in [0.4, 0.5) is 8.78 Å². The topological polar surface area (TPSA) is 20.3 Å². The Labute approximate surface area is 142 Å². The Morgan fingerprint density at radius 1 is 1.17 bits per heavy atom. The van der Waals surface area contributed by atoms with Crippen LogP contribution in [0.5, 0.6) is 0 Å². The summed E-state index contributed by atoms with van der Waals surface area (Å²) in [5.74, 6) is -0.862. The van der Waals surface area contributed by atoms with Gasteiger partial charge in [0, 0.05) is 24.8 Å². The average Bonchev–Trinajstić information content (AvgIpc) is 2.50. The van der Waals surface area contributed by atoms with Gasteiger partial charge in [0.25, 0.3) is 0 Å². The monoisotopic (exact) mass is 343 g/mol. The van der Waals surface area contributed by atoms with Gasteiger partial charge in [-0.05, 0) is 35.8 Å². The van der Waals surface area contributed by atoms with Crippen LogP contribution in [-0.2, 0) is 11.3 Å². The van der Waals surface area contributed by atoms with Crippen molar-refractivity contribution in [1.29, 1.82) is 0 Å². The van der Waals surface area contributed by atoms with E-state index in [0.29, 0.717) is 23.8 Å². The number of carbonyl (C=O) groups is 1. The number of amides is 1. The number of thioether (sulfide) groups is 1. The molecule has 0 fully saturated rings. The van der Waals surface area contributed by atoms with Crippen molar-refractivity contribution in [3.05, 3.63) is 35.4 Å². The Kier molecular flexibility index (Phi) is 8.59. The molecule has 0 aromatic heterocycles. The van der Waals surface area contributed by atoms with Crippen molar-refractivity contribution in [1.82, 2.24) is 4.90 Å². The lowest BCUT2D eigenvalue weighted by molar-refractivity contribution is -0.134. The molecule has 0 saturated heterocycles. The zero-order valence-electron chi connectivity index (χ0n) is 14.4. The molecule has 0 saturated carbocycles. The van der Waals surface area contributed by atoms with Gasteiger partial charge < -0.3 is 4.90 Å². The summed E-state index contributed by atoms with van der Waals surface area (Å²) in [5.41, 5.74) is 0.626. The van der Waals surface area contributed by atoms with Gasteiger partial charge in [-0.2, -0.15) is 11.8 Å². The number of hydrogen-bond donors (Lipinski definition) is 0. The fourth-order valence-corrected chi connectivity index (χ4v) is 3.27. The van der Waals surface area contributed by atoms with Crippen molar-refractivity contribution in [3.8, 4) is 0 Å². The highest BCUT2D eigenvalue weighted by atomic mass is 32.2. The lowest BCUT2D eigenvalue weighted by Crippen LogP contribution is -2.39. The van der Waals surface area contributed by atoms with Gasteiger partial charge in [-0.25, -0.2) is 8.78 Å². The summed E-state index contributed by atoms with van der Waals surface area (Å²) in [5, 5.41) is 0.496. The van der Waals surface area contributed by atoms with E-state index in [2.05, 4.69) is 13.8 Å². The molecular formula is C18H27F2NOS. The van der Waals surface area contributed by atoms with Crippen molar-refractivity contribution in [2.24, 2.45) is 0 Å². The fraction of sp³-hybridized carbons (Fsp3) is 0.611. The molecule has 0 bridgehead atoms. The number of rotatable bonds is 9. The predicted molar refractivity (Wildman–Crippen MR) is 93.5 cm³/mol. The van der Waals surface area contributed by atoms with Crippen LogP contribution >= 0.6 is 11.8 Å². The van der Waals surface area contributed by atoms with E-state index in [9.17, 15) is 13.6 Å². The maximum Gasteiger partial charge on any atom is 0.223 e. The van der Waals surface area contributed by atoms with Crippen LogP contribution < -0.4 is 0 Å². The van der Waals surface area contributed by atoms with Crippen molar-refractivity contribution < 1.29 is 13.6 Å². The van der Waals surface area contributed by atoms with Crippen molar-refractivity contribution in [2.75, 3.05) is 5.75 Å².